The molecule has 7 nitrogen and oxygen atoms in total. The minimum absolute atomic E-state index is 0.0635. The standard InChI is InChI=1S/C29H38N2O5/c1-5-6-7-8-9-10-19-36-24-12-14-26(27(20-24)31-17-15-22(2)32)30-18-16-28(33)25-13-11-23(34-3)21-29(25)35-4/h11-18,20-21,30-31H,5-10,19H2,1-4H3/b17-15+,18-16+. The van der Waals surface area contributed by atoms with E-state index < -0.39 is 0 Å². The van der Waals surface area contributed by atoms with E-state index in [0.29, 0.717) is 29.4 Å². The lowest BCUT2D eigenvalue weighted by Crippen LogP contribution is -2.02. The highest BCUT2D eigenvalue weighted by atomic mass is 16.5. The maximum Gasteiger partial charge on any atom is 0.191 e. The fourth-order valence-corrected chi connectivity index (χ4v) is 3.48. The van der Waals surface area contributed by atoms with Crippen molar-refractivity contribution in [2.24, 2.45) is 0 Å². The summed E-state index contributed by atoms with van der Waals surface area (Å²) in [7, 11) is 3.07. The van der Waals surface area contributed by atoms with Crippen molar-refractivity contribution in [3.63, 3.8) is 0 Å². The van der Waals surface area contributed by atoms with Gasteiger partial charge in [-0.3, -0.25) is 9.59 Å². The number of carbonyl (C=O) groups is 2. The monoisotopic (exact) mass is 494 g/mol. The molecule has 0 bridgehead atoms. The third-order valence-electron chi connectivity index (χ3n) is 5.46. The van der Waals surface area contributed by atoms with Crippen LogP contribution in [0.5, 0.6) is 17.2 Å². The van der Waals surface area contributed by atoms with Crippen LogP contribution >= 0.6 is 0 Å². The van der Waals surface area contributed by atoms with Crippen LogP contribution in [-0.2, 0) is 4.79 Å². The van der Waals surface area contributed by atoms with Crippen molar-refractivity contribution in [2.75, 3.05) is 31.5 Å². The first kappa shape index (κ1) is 28.5. The number of nitrogens with one attached hydrogen (secondary N) is 2. The predicted molar refractivity (Wildman–Crippen MR) is 145 cm³/mol. The quantitative estimate of drug-likeness (QED) is 0.143. The zero-order chi connectivity index (χ0) is 26.2. The van der Waals surface area contributed by atoms with Crippen LogP contribution < -0.4 is 24.8 Å². The molecular formula is C29H38N2O5. The van der Waals surface area contributed by atoms with Crippen molar-refractivity contribution in [2.45, 2.75) is 52.4 Å². The molecule has 2 aromatic carbocycles. The number of carbonyl (C=O) groups excluding carboxylic acids is 2. The zero-order valence-corrected chi connectivity index (χ0v) is 21.8. The molecule has 0 aliphatic rings. The Bertz CT molecular complexity index is 1050. The highest BCUT2D eigenvalue weighted by Crippen LogP contribution is 2.28. The Balaban J connectivity index is 2.05. The summed E-state index contributed by atoms with van der Waals surface area (Å²) in [6, 6.07) is 10.7. The van der Waals surface area contributed by atoms with Gasteiger partial charge in [-0.2, -0.15) is 0 Å². The summed E-state index contributed by atoms with van der Waals surface area (Å²) in [6.45, 7) is 4.35. The fourth-order valence-electron chi connectivity index (χ4n) is 3.48. The number of rotatable bonds is 17. The Morgan fingerprint density at radius 2 is 1.50 bits per heavy atom. The number of ether oxygens (including phenoxy) is 3. The van der Waals surface area contributed by atoms with E-state index in [-0.39, 0.29) is 11.6 Å². The molecule has 0 aliphatic carbocycles. The molecule has 194 valence electrons. The highest BCUT2D eigenvalue weighted by Gasteiger charge is 2.11. The Kier molecular flexibility index (Phi) is 12.7. The normalized spacial score (nSPS) is 11.0. The number of unbranched alkanes of at least 4 members (excludes halogenated alkanes) is 5. The minimum atomic E-state index is -0.216. The summed E-state index contributed by atoms with van der Waals surface area (Å²) in [6.07, 6.45) is 13.2. The van der Waals surface area contributed by atoms with Crippen LogP contribution in [0.15, 0.2) is 61.0 Å². The SMILES string of the molecule is CCCCCCCCOc1ccc(N/C=C/C(=O)c2ccc(OC)cc2OC)c(N/C=C/C(C)=O)c1. The molecule has 36 heavy (non-hydrogen) atoms. The first-order chi connectivity index (χ1) is 17.5. The van der Waals surface area contributed by atoms with Gasteiger partial charge in [0.2, 0.25) is 0 Å². The number of ketones is 2. The predicted octanol–water partition coefficient (Wildman–Crippen LogP) is 6.77. The number of allylic oxidation sites excluding steroid dienone is 2. The van der Waals surface area contributed by atoms with Crippen molar-refractivity contribution in [1.82, 2.24) is 0 Å². The van der Waals surface area contributed by atoms with Gasteiger partial charge in [0.1, 0.15) is 17.2 Å². The first-order valence-electron chi connectivity index (χ1n) is 12.4. The van der Waals surface area contributed by atoms with Crippen LogP contribution in [0.1, 0.15) is 62.7 Å². The molecule has 0 amide bonds. The van der Waals surface area contributed by atoms with Crippen molar-refractivity contribution in [3.05, 3.63) is 66.5 Å². The van der Waals surface area contributed by atoms with Crippen LogP contribution in [0, 0.1) is 0 Å². The summed E-state index contributed by atoms with van der Waals surface area (Å²) in [5, 5.41) is 6.25. The average Bonchev–Trinajstić information content (AvgIpc) is 2.88. The third kappa shape index (κ3) is 9.86. The summed E-state index contributed by atoms with van der Waals surface area (Å²) < 4.78 is 16.4. The van der Waals surface area contributed by atoms with Crippen LogP contribution in [0.4, 0.5) is 11.4 Å². The van der Waals surface area contributed by atoms with E-state index in [0.717, 1.165) is 24.3 Å². The molecule has 0 unspecified atom stereocenters. The molecule has 0 atom stereocenters. The van der Waals surface area contributed by atoms with E-state index in [2.05, 4.69) is 17.6 Å². The van der Waals surface area contributed by atoms with Crippen molar-refractivity contribution in [1.29, 1.82) is 0 Å². The van der Waals surface area contributed by atoms with Gasteiger partial charge in [-0.05, 0) is 43.7 Å². The summed E-state index contributed by atoms with van der Waals surface area (Å²) in [4.78, 5) is 24.0. The molecule has 0 spiro atoms. The number of methoxy groups -OCH3 is 2. The molecule has 2 aromatic rings. The molecule has 0 saturated carbocycles. The van der Waals surface area contributed by atoms with Gasteiger partial charge in [-0.1, -0.05) is 39.0 Å². The van der Waals surface area contributed by atoms with Gasteiger partial charge in [0.05, 0.1) is 37.8 Å². The smallest absolute Gasteiger partial charge is 0.191 e. The minimum Gasteiger partial charge on any atom is -0.497 e. The number of benzene rings is 2. The number of hydrogen-bond acceptors (Lipinski definition) is 7. The molecule has 0 saturated heterocycles. The molecule has 0 fully saturated rings. The van der Waals surface area contributed by atoms with E-state index >= 15 is 0 Å². The van der Waals surface area contributed by atoms with Gasteiger partial charge in [-0.25, -0.2) is 0 Å². The Hall–Kier alpha value is -3.74. The van der Waals surface area contributed by atoms with Crippen LogP contribution in [0.25, 0.3) is 0 Å². The van der Waals surface area contributed by atoms with Crippen molar-refractivity contribution in [3.8, 4) is 17.2 Å². The second-order valence-corrected chi connectivity index (χ2v) is 8.32. The number of anilines is 2. The molecule has 0 aromatic heterocycles. The van der Waals surface area contributed by atoms with Gasteiger partial charge >= 0.3 is 0 Å². The van der Waals surface area contributed by atoms with E-state index in [1.165, 1.54) is 51.9 Å². The van der Waals surface area contributed by atoms with E-state index in [4.69, 9.17) is 14.2 Å². The van der Waals surface area contributed by atoms with Crippen LogP contribution in [0.3, 0.4) is 0 Å². The lowest BCUT2D eigenvalue weighted by Gasteiger charge is -2.13. The Morgan fingerprint density at radius 3 is 2.22 bits per heavy atom. The van der Waals surface area contributed by atoms with E-state index in [1.807, 2.05) is 18.2 Å². The third-order valence-corrected chi connectivity index (χ3v) is 5.46. The lowest BCUT2D eigenvalue weighted by atomic mass is 10.1. The lowest BCUT2D eigenvalue weighted by molar-refractivity contribution is -0.112. The molecule has 0 aliphatic heterocycles. The largest absolute Gasteiger partial charge is 0.497 e. The average molecular weight is 495 g/mol. The van der Waals surface area contributed by atoms with Gasteiger partial charge < -0.3 is 24.8 Å². The van der Waals surface area contributed by atoms with Gasteiger partial charge in [-0.15, -0.1) is 0 Å². The topological polar surface area (TPSA) is 85.9 Å². The second kappa shape index (κ2) is 16.0. The number of hydrogen-bond donors (Lipinski definition) is 2. The van der Waals surface area contributed by atoms with Gasteiger partial charge in [0.15, 0.2) is 11.6 Å². The first-order valence-corrected chi connectivity index (χ1v) is 12.4. The molecule has 7 heteroatoms. The molecule has 0 heterocycles. The van der Waals surface area contributed by atoms with Crippen molar-refractivity contribution < 1.29 is 23.8 Å². The fraction of sp³-hybridized carbons (Fsp3) is 0.379. The highest BCUT2D eigenvalue weighted by molar-refractivity contribution is 6.06. The Morgan fingerprint density at radius 1 is 0.806 bits per heavy atom. The molecular weight excluding hydrogens is 456 g/mol. The maximum atomic E-state index is 12.7. The second-order valence-electron chi connectivity index (χ2n) is 8.32. The van der Waals surface area contributed by atoms with E-state index in [1.54, 1.807) is 37.7 Å². The Labute approximate surface area is 214 Å². The van der Waals surface area contributed by atoms with E-state index in [9.17, 15) is 9.59 Å². The zero-order valence-electron chi connectivity index (χ0n) is 21.8. The van der Waals surface area contributed by atoms with Gasteiger partial charge in [0.25, 0.3) is 0 Å². The summed E-state index contributed by atoms with van der Waals surface area (Å²) >= 11 is 0. The molecule has 2 N–H and O–H groups in total. The maximum absolute atomic E-state index is 12.7. The molecule has 2 rings (SSSR count). The molecule has 0 radical (unpaired) electrons. The van der Waals surface area contributed by atoms with Crippen LogP contribution in [-0.4, -0.2) is 32.4 Å². The van der Waals surface area contributed by atoms with Crippen molar-refractivity contribution >= 4 is 22.9 Å². The summed E-state index contributed by atoms with van der Waals surface area (Å²) in [5.74, 6) is 1.50. The van der Waals surface area contributed by atoms with Crippen LogP contribution in [0.2, 0.25) is 0 Å². The summed E-state index contributed by atoms with van der Waals surface area (Å²) in [5.41, 5.74) is 1.87. The van der Waals surface area contributed by atoms with Gasteiger partial charge in [0, 0.05) is 30.6 Å².